The second kappa shape index (κ2) is 3.49. The van der Waals surface area contributed by atoms with Crippen LogP contribution in [0.2, 0.25) is 0 Å². The zero-order valence-corrected chi connectivity index (χ0v) is 8.57. The summed E-state index contributed by atoms with van der Waals surface area (Å²) in [5, 5.41) is 0.640. The molecule has 0 aliphatic carbocycles. The van der Waals surface area contributed by atoms with E-state index in [1.54, 1.807) is 12.3 Å². The van der Waals surface area contributed by atoms with Gasteiger partial charge < -0.3 is 4.98 Å². The third-order valence-corrected chi connectivity index (χ3v) is 2.75. The van der Waals surface area contributed by atoms with Crippen molar-refractivity contribution >= 4 is 10.9 Å². The van der Waals surface area contributed by atoms with Crippen molar-refractivity contribution in [2.75, 3.05) is 0 Å². The quantitative estimate of drug-likeness (QED) is 0.626. The van der Waals surface area contributed by atoms with Crippen molar-refractivity contribution in [3.8, 4) is 11.1 Å². The maximum atomic E-state index is 14.2. The molecule has 2 aromatic carbocycles. The minimum absolute atomic E-state index is 0.162. The topological polar surface area (TPSA) is 15.8 Å². The lowest BCUT2D eigenvalue weighted by molar-refractivity contribution is 0.643. The van der Waals surface area contributed by atoms with E-state index in [1.807, 2.05) is 42.5 Å². The molecule has 0 saturated heterocycles. The first kappa shape index (κ1) is 9.16. The number of hydrogen-bond acceptors (Lipinski definition) is 0. The van der Waals surface area contributed by atoms with Gasteiger partial charge in [-0.25, -0.2) is 4.39 Å². The smallest absolute Gasteiger partial charge is 0.140 e. The molecular weight excluding hydrogens is 201 g/mol. The van der Waals surface area contributed by atoms with Gasteiger partial charge in [0.05, 0.1) is 0 Å². The van der Waals surface area contributed by atoms with Crippen LogP contribution in [-0.2, 0) is 0 Å². The van der Waals surface area contributed by atoms with Gasteiger partial charge in [0.1, 0.15) is 5.82 Å². The van der Waals surface area contributed by atoms with Crippen molar-refractivity contribution < 1.29 is 4.39 Å². The molecular formula is C14H10FN. The van der Waals surface area contributed by atoms with Crippen molar-refractivity contribution in [2.24, 2.45) is 0 Å². The number of nitrogens with one attached hydrogen (secondary N) is 1. The summed E-state index contributed by atoms with van der Waals surface area (Å²) in [6, 6.07) is 15.1. The van der Waals surface area contributed by atoms with Crippen LogP contribution >= 0.6 is 0 Å². The van der Waals surface area contributed by atoms with E-state index < -0.39 is 0 Å². The minimum atomic E-state index is -0.162. The summed E-state index contributed by atoms with van der Waals surface area (Å²) in [4.78, 5) is 3.00. The van der Waals surface area contributed by atoms with E-state index in [0.29, 0.717) is 10.9 Å². The highest BCUT2D eigenvalue weighted by atomic mass is 19.1. The molecule has 0 amide bonds. The molecule has 78 valence electrons. The minimum Gasteiger partial charge on any atom is -0.361 e. The van der Waals surface area contributed by atoms with Gasteiger partial charge in [-0.1, -0.05) is 30.3 Å². The van der Waals surface area contributed by atoms with Gasteiger partial charge in [0.2, 0.25) is 0 Å². The lowest BCUT2D eigenvalue weighted by Gasteiger charge is -2.04. The van der Waals surface area contributed by atoms with Gasteiger partial charge >= 0.3 is 0 Å². The van der Waals surface area contributed by atoms with Crippen LogP contribution in [0.5, 0.6) is 0 Å². The average molecular weight is 211 g/mol. The molecule has 2 heteroatoms. The van der Waals surface area contributed by atoms with E-state index in [4.69, 9.17) is 0 Å². The van der Waals surface area contributed by atoms with Crippen LogP contribution in [0.25, 0.3) is 22.0 Å². The van der Waals surface area contributed by atoms with Gasteiger partial charge in [-0.15, -0.1) is 0 Å². The molecule has 0 spiro atoms. The molecule has 1 aromatic heterocycles. The van der Waals surface area contributed by atoms with Crippen LogP contribution in [0, 0.1) is 5.82 Å². The Morgan fingerprint density at radius 3 is 2.50 bits per heavy atom. The molecule has 1 N–H and O–H groups in total. The second-order valence-corrected chi connectivity index (χ2v) is 3.73. The van der Waals surface area contributed by atoms with Gasteiger partial charge in [-0.2, -0.15) is 0 Å². The fraction of sp³-hybridized carbons (Fsp3) is 0. The Hall–Kier alpha value is -2.09. The molecule has 3 rings (SSSR count). The molecule has 1 nitrogen and oxygen atoms in total. The SMILES string of the molecule is Fc1c(-c2ccccc2)ccc2[nH]ccc12. The fourth-order valence-electron chi connectivity index (χ4n) is 1.94. The Morgan fingerprint density at radius 2 is 1.69 bits per heavy atom. The van der Waals surface area contributed by atoms with Crippen molar-refractivity contribution in [1.82, 2.24) is 4.98 Å². The summed E-state index contributed by atoms with van der Waals surface area (Å²) in [5.74, 6) is -0.162. The maximum Gasteiger partial charge on any atom is 0.140 e. The maximum absolute atomic E-state index is 14.2. The van der Waals surface area contributed by atoms with Crippen molar-refractivity contribution in [2.45, 2.75) is 0 Å². The first-order valence-electron chi connectivity index (χ1n) is 5.17. The van der Waals surface area contributed by atoms with Crippen LogP contribution in [0.1, 0.15) is 0 Å². The summed E-state index contributed by atoms with van der Waals surface area (Å²) in [6.45, 7) is 0. The molecule has 0 radical (unpaired) electrons. The Balaban J connectivity index is 2.28. The van der Waals surface area contributed by atoms with Gasteiger partial charge in [-0.05, 0) is 23.8 Å². The number of hydrogen-bond donors (Lipinski definition) is 1. The molecule has 0 saturated carbocycles. The third-order valence-electron chi connectivity index (χ3n) is 2.75. The highest BCUT2D eigenvalue weighted by Crippen LogP contribution is 2.28. The number of rotatable bonds is 1. The number of aromatic amines is 1. The first-order chi connectivity index (χ1) is 7.86. The molecule has 1 heterocycles. The fourth-order valence-corrected chi connectivity index (χ4v) is 1.94. The van der Waals surface area contributed by atoms with E-state index in [1.165, 1.54) is 0 Å². The average Bonchev–Trinajstić information content (AvgIpc) is 2.80. The van der Waals surface area contributed by atoms with E-state index in [2.05, 4.69) is 4.98 Å². The molecule has 0 bridgehead atoms. The molecule has 16 heavy (non-hydrogen) atoms. The zero-order chi connectivity index (χ0) is 11.0. The van der Waals surface area contributed by atoms with E-state index in [-0.39, 0.29) is 5.82 Å². The third kappa shape index (κ3) is 1.31. The van der Waals surface area contributed by atoms with E-state index in [0.717, 1.165) is 11.1 Å². The monoisotopic (exact) mass is 211 g/mol. The van der Waals surface area contributed by atoms with Crippen molar-refractivity contribution in [3.05, 3.63) is 60.5 Å². The van der Waals surface area contributed by atoms with Gasteiger partial charge in [0.25, 0.3) is 0 Å². The Bertz CT molecular complexity index is 626. The van der Waals surface area contributed by atoms with Crippen molar-refractivity contribution in [3.63, 3.8) is 0 Å². The summed E-state index contributed by atoms with van der Waals surface area (Å²) < 4.78 is 14.2. The predicted octanol–water partition coefficient (Wildman–Crippen LogP) is 3.97. The molecule has 0 atom stereocenters. The molecule has 0 fully saturated rings. The van der Waals surface area contributed by atoms with Crippen LogP contribution in [0.15, 0.2) is 54.7 Å². The van der Waals surface area contributed by atoms with Gasteiger partial charge in [0, 0.05) is 22.7 Å². The van der Waals surface area contributed by atoms with E-state index >= 15 is 0 Å². The van der Waals surface area contributed by atoms with Crippen LogP contribution in [0.3, 0.4) is 0 Å². The normalized spacial score (nSPS) is 10.8. The van der Waals surface area contributed by atoms with Crippen LogP contribution < -0.4 is 0 Å². The second-order valence-electron chi connectivity index (χ2n) is 3.73. The lowest BCUT2D eigenvalue weighted by Crippen LogP contribution is -1.84. The Labute approximate surface area is 92.5 Å². The van der Waals surface area contributed by atoms with Crippen LogP contribution in [0.4, 0.5) is 4.39 Å². The zero-order valence-electron chi connectivity index (χ0n) is 8.57. The lowest BCUT2D eigenvalue weighted by atomic mass is 10.0. The first-order valence-corrected chi connectivity index (χ1v) is 5.17. The number of H-pyrrole nitrogens is 1. The molecule has 0 aliphatic rings. The Kier molecular flexibility index (Phi) is 2.00. The number of benzene rings is 2. The van der Waals surface area contributed by atoms with Crippen LogP contribution in [-0.4, -0.2) is 4.98 Å². The number of halogens is 1. The summed E-state index contributed by atoms with van der Waals surface area (Å²) in [7, 11) is 0. The van der Waals surface area contributed by atoms with Gasteiger partial charge in [0.15, 0.2) is 0 Å². The highest BCUT2D eigenvalue weighted by molar-refractivity contribution is 5.85. The Morgan fingerprint density at radius 1 is 0.875 bits per heavy atom. The predicted molar refractivity (Wildman–Crippen MR) is 63.7 cm³/mol. The standard InChI is InChI=1S/C14H10FN/c15-14-11(10-4-2-1-3-5-10)6-7-13-12(14)8-9-16-13/h1-9,16H. The van der Waals surface area contributed by atoms with Crippen molar-refractivity contribution in [1.29, 1.82) is 0 Å². The largest absolute Gasteiger partial charge is 0.361 e. The molecule has 3 aromatic rings. The summed E-state index contributed by atoms with van der Waals surface area (Å²) in [5.41, 5.74) is 2.38. The summed E-state index contributed by atoms with van der Waals surface area (Å²) >= 11 is 0. The molecule has 0 aliphatic heterocycles. The summed E-state index contributed by atoms with van der Waals surface area (Å²) in [6.07, 6.45) is 1.75. The number of fused-ring (bicyclic) bond motifs is 1. The molecule has 0 unspecified atom stereocenters. The van der Waals surface area contributed by atoms with Gasteiger partial charge in [-0.3, -0.25) is 0 Å². The number of aromatic nitrogens is 1. The highest BCUT2D eigenvalue weighted by Gasteiger charge is 2.08. The van der Waals surface area contributed by atoms with E-state index in [9.17, 15) is 4.39 Å².